The first-order valence-corrected chi connectivity index (χ1v) is 8.56. The molecule has 27 heavy (non-hydrogen) atoms. The van der Waals surface area contributed by atoms with E-state index in [9.17, 15) is 4.79 Å². The topological polar surface area (TPSA) is 79.9 Å². The monoisotopic (exact) mass is 380 g/mol. The number of halogens is 1. The Morgan fingerprint density at radius 3 is 2.81 bits per heavy atom. The van der Waals surface area contributed by atoms with E-state index in [4.69, 9.17) is 21.6 Å². The zero-order valence-electron chi connectivity index (χ0n) is 14.9. The lowest BCUT2D eigenvalue weighted by molar-refractivity contribution is 0.402. The molecule has 2 aromatic carbocycles. The van der Waals surface area contributed by atoms with Crippen molar-refractivity contribution in [1.29, 1.82) is 5.26 Å². The van der Waals surface area contributed by atoms with E-state index in [1.807, 2.05) is 31.2 Å². The van der Waals surface area contributed by atoms with Crippen molar-refractivity contribution in [2.24, 2.45) is 0 Å². The minimum absolute atomic E-state index is 0.139. The lowest BCUT2D eigenvalue weighted by atomic mass is 10.1. The van der Waals surface area contributed by atoms with Gasteiger partial charge >= 0.3 is 5.56 Å². The van der Waals surface area contributed by atoms with Crippen LogP contribution in [0.5, 0.6) is 5.75 Å². The first kappa shape index (κ1) is 18.5. The summed E-state index contributed by atoms with van der Waals surface area (Å²) in [5.41, 5.74) is 2.59. The number of nitrogens with one attached hydrogen (secondary N) is 1. The van der Waals surface area contributed by atoms with Crippen LogP contribution in [0.2, 0.25) is 5.02 Å². The normalized spacial score (nSPS) is 10.3. The molecule has 1 N–H and O–H groups in total. The summed E-state index contributed by atoms with van der Waals surface area (Å²) in [5.74, 6) is 0.494. The Labute approximate surface area is 161 Å². The number of nitriles is 1. The van der Waals surface area contributed by atoms with E-state index in [1.165, 1.54) is 7.11 Å². The summed E-state index contributed by atoms with van der Waals surface area (Å²) in [7, 11) is 1.42. The minimum atomic E-state index is -0.471. The fourth-order valence-electron chi connectivity index (χ4n) is 2.63. The van der Waals surface area contributed by atoms with Crippen molar-refractivity contribution in [3.05, 3.63) is 80.7 Å². The molecular weight excluding hydrogens is 364 g/mol. The molecule has 0 aliphatic rings. The maximum absolute atomic E-state index is 12.2. The minimum Gasteiger partial charge on any atom is -0.490 e. The van der Waals surface area contributed by atoms with E-state index in [2.05, 4.69) is 16.4 Å². The lowest BCUT2D eigenvalue weighted by Gasteiger charge is -2.16. The number of ether oxygens (including phenoxy) is 1. The molecule has 136 valence electrons. The zero-order chi connectivity index (χ0) is 19.4. The Kier molecular flexibility index (Phi) is 5.43. The number of rotatable bonds is 5. The van der Waals surface area contributed by atoms with Gasteiger partial charge in [-0.15, -0.1) is 0 Å². The highest BCUT2D eigenvalue weighted by Gasteiger charge is 2.12. The Bertz CT molecular complexity index is 1090. The van der Waals surface area contributed by atoms with Gasteiger partial charge in [0.25, 0.3) is 0 Å². The Hall–Kier alpha value is -3.30. The molecule has 3 rings (SSSR count). The molecule has 7 heteroatoms. The molecule has 0 saturated carbocycles. The van der Waals surface area contributed by atoms with Crippen LogP contribution in [0.15, 0.2) is 53.5 Å². The van der Waals surface area contributed by atoms with Crippen molar-refractivity contribution in [3.63, 3.8) is 0 Å². The summed E-state index contributed by atoms with van der Waals surface area (Å²) < 4.78 is 6.88. The van der Waals surface area contributed by atoms with Crippen LogP contribution in [0.1, 0.15) is 16.7 Å². The van der Waals surface area contributed by atoms with Gasteiger partial charge in [0.1, 0.15) is 0 Å². The average molecular weight is 381 g/mol. The summed E-state index contributed by atoms with van der Waals surface area (Å²) >= 11 is 6.18. The largest absolute Gasteiger partial charge is 0.490 e. The summed E-state index contributed by atoms with van der Waals surface area (Å²) in [6.45, 7) is 2.29. The second-order valence-electron chi connectivity index (χ2n) is 5.92. The van der Waals surface area contributed by atoms with Gasteiger partial charge in [-0.25, -0.2) is 0 Å². The van der Waals surface area contributed by atoms with Crippen molar-refractivity contribution in [1.82, 2.24) is 9.55 Å². The van der Waals surface area contributed by atoms with E-state index in [-0.39, 0.29) is 5.75 Å². The fraction of sp³-hybridized carbons (Fsp3) is 0.150. The second-order valence-corrected chi connectivity index (χ2v) is 6.32. The van der Waals surface area contributed by atoms with Crippen LogP contribution in [-0.2, 0) is 6.54 Å². The van der Waals surface area contributed by atoms with Crippen molar-refractivity contribution in [2.45, 2.75) is 13.5 Å². The molecular formula is C20H17ClN4O2. The summed E-state index contributed by atoms with van der Waals surface area (Å²) in [6.07, 6.45) is 1.59. The van der Waals surface area contributed by atoms with E-state index in [1.54, 1.807) is 29.0 Å². The van der Waals surface area contributed by atoms with Gasteiger partial charge in [0, 0.05) is 10.7 Å². The first-order valence-electron chi connectivity index (χ1n) is 8.18. The number of nitrogens with zero attached hydrogens (tertiary/aromatic N) is 3. The van der Waals surface area contributed by atoms with Gasteiger partial charge in [-0.1, -0.05) is 29.8 Å². The molecule has 1 aromatic heterocycles. The number of methoxy groups -OCH3 is 1. The van der Waals surface area contributed by atoms with Gasteiger partial charge < -0.3 is 14.6 Å². The van der Waals surface area contributed by atoms with Gasteiger partial charge in [0.15, 0.2) is 0 Å². The molecule has 0 amide bonds. The van der Waals surface area contributed by atoms with Gasteiger partial charge in [-0.2, -0.15) is 10.2 Å². The van der Waals surface area contributed by atoms with Crippen molar-refractivity contribution >= 4 is 23.2 Å². The van der Waals surface area contributed by atoms with E-state index < -0.39 is 5.56 Å². The number of hydrogen-bond donors (Lipinski definition) is 1. The first-order chi connectivity index (χ1) is 13.0. The third-order valence-corrected chi connectivity index (χ3v) is 4.52. The van der Waals surface area contributed by atoms with Crippen LogP contribution in [0.4, 0.5) is 11.6 Å². The van der Waals surface area contributed by atoms with Gasteiger partial charge in [0.2, 0.25) is 11.7 Å². The average Bonchev–Trinajstić information content (AvgIpc) is 2.67. The SMILES string of the molecule is COc1cn(Cc2cccc(C#N)c2)c(Nc2cccc(Cl)c2C)nc1=O. The maximum Gasteiger partial charge on any atom is 0.316 e. The van der Waals surface area contributed by atoms with Gasteiger partial charge in [-0.05, 0) is 42.3 Å². The second kappa shape index (κ2) is 7.94. The molecule has 3 aromatic rings. The number of hydrogen-bond acceptors (Lipinski definition) is 5. The highest BCUT2D eigenvalue weighted by Crippen LogP contribution is 2.26. The van der Waals surface area contributed by atoms with Crippen LogP contribution in [-0.4, -0.2) is 16.7 Å². The predicted molar refractivity (Wildman–Crippen MR) is 105 cm³/mol. The molecule has 0 spiro atoms. The van der Waals surface area contributed by atoms with Crippen molar-refractivity contribution in [2.75, 3.05) is 12.4 Å². The highest BCUT2D eigenvalue weighted by molar-refractivity contribution is 6.31. The van der Waals surface area contributed by atoms with E-state index in [0.29, 0.717) is 23.1 Å². The lowest BCUT2D eigenvalue weighted by Crippen LogP contribution is -2.19. The zero-order valence-corrected chi connectivity index (χ0v) is 15.6. The molecule has 6 nitrogen and oxygen atoms in total. The van der Waals surface area contributed by atoms with Crippen LogP contribution in [0.3, 0.4) is 0 Å². The molecule has 1 heterocycles. The molecule has 0 fully saturated rings. The smallest absolute Gasteiger partial charge is 0.316 e. The summed E-state index contributed by atoms with van der Waals surface area (Å²) in [5, 5.41) is 12.9. The molecule has 0 aliphatic heterocycles. The third-order valence-electron chi connectivity index (χ3n) is 4.11. The van der Waals surface area contributed by atoms with Crippen LogP contribution >= 0.6 is 11.6 Å². The molecule has 0 bridgehead atoms. The predicted octanol–water partition coefficient (Wildman–Crippen LogP) is 3.88. The van der Waals surface area contributed by atoms with Crippen molar-refractivity contribution in [3.8, 4) is 11.8 Å². The number of aromatic nitrogens is 2. The standard InChI is InChI=1S/C20H17ClN4O2/c1-13-16(21)7-4-8-17(13)23-20-24-19(26)18(27-2)12-25(20)11-15-6-3-5-14(9-15)10-22/h3-9,12H,11H2,1-2H3,(H,23,24,26). The molecule has 0 saturated heterocycles. The quantitative estimate of drug-likeness (QED) is 0.726. The van der Waals surface area contributed by atoms with Crippen LogP contribution in [0, 0.1) is 18.3 Å². The van der Waals surface area contributed by atoms with Gasteiger partial charge in [-0.3, -0.25) is 4.79 Å². The molecule has 0 aliphatic carbocycles. The summed E-state index contributed by atoms with van der Waals surface area (Å²) in [6, 6.07) is 14.8. The molecule has 0 atom stereocenters. The Balaban J connectivity index is 2.04. The fourth-order valence-corrected chi connectivity index (χ4v) is 2.81. The van der Waals surface area contributed by atoms with E-state index in [0.717, 1.165) is 16.8 Å². The third kappa shape index (κ3) is 4.10. The maximum atomic E-state index is 12.2. The number of benzene rings is 2. The Morgan fingerprint density at radius 2 is 2.07 bits per heavy atom. The van der Waals surface area contributed by atoms with Crippen LogP contribution in [0.25, 0.3) is 0 Å². The molecule has 0 radical (unpaired) electrons. The van der Waals surface area contributed by atoms with Gasteiger partial charge in [0.05, 0.1) is 31.5 Å². The van der Waals surface area contributed by atoms with Crippen molar-refractivity contribution < 1.29 is 4.74 Å². The van der Waals surface area contributed by atoms with E-state index >= 15 is 0 Å². The van der Waals surface area contributed by atoms with Crippen LogP contribution < -0.4 is 15.6 Å². The summed E-state index contributed by atoms with van der Waals surface area (Å²) in [4.78, 5) is 16.3. The Morgan fingerprint density at radius 1 is 1.30 bits per heavy atom. The highest BCUT2D eigenvalue weighted by atomic mass is 35.5. The number of anilines is 2. The molecule has 0 unspecified atom stereocenters.